The third-order valence-corrected chi connectivity index (χ3v) is 4.27. The second-order valence-corrected chi connectivity index (χ2v) is 6.03. The molecule has 0 saturated carbocycles. The van der Waals surface area contributed by atoms with Crippen LogP contribution < -0.4 is 4.72 Å². The number of hydrogen-bond acceptors (Lipinski definition) is 5. The molecule has 0 amide bonds. The Hall–Kier alpha value is -1.88. The average Bonchev–Trinajstić information content (AvgIpc) is 2.38. The summed E-state index contributed by atoms with van der Waals surface area (Å²) < 4.78 is 26.6. The van der Waals surface area contributed by atoms with E-state index >= 15 is 0 Å². The van der Waals surface area contributed by atoms with E-state index in [9.17, 15) is 8.42 Å². The van der Waals surface area contributed by atoms with Gasteiger partial charge in [0.05, 0.1) is 16.7 Å². The molecule has 0 saturated heterocycles. The van der Waals surface area contributed by atoms with Crippen molar-refractivity contribution in [3.05, 3.63) is 46.3 Å². The maximum atomic E-state index is 12.2. The van der Waals surface area contributed by atoms with E-state index in [0.717, 1.165) is 6.33 Å². The smallest absolute Gasteiger partial charge is 0.263 e. The summed E-state index contributed by atoms with van der Waals surface area (Å²) in [6.07, 6.45) is 1.12. The van der Waals surface area contributed by atoms with Crippen LogP contribution in [0.25, 0.3) is 0 Å². The Morgan fingerprint density at radius 1 is 1.20 bits per heavy atom. The van der Waals surface area contributed by atoms with Crippen LogP contribution in [0.4, 0.5) is 5.82 Å². The van der Waals surface area contributed by atoms with Gasteiger partial charge >= 0.3 is 0 Å². The van der Waals surface area contributed by atoms with Crippen molar-refractivity contribution in [3.63, 3.8) is 0 Å². The Morgan fingerprint density at radius 3 is 2.60 bits per heavy atom. The van der Waals surface area contributed by atoms with Crippen LogP contribution in [-0.2, 0) is 10.0 Å². The molecule has 0 aliphatic heterocycles. The van der Waals surface area contributed by atoms with Crippen LogP contribution in [0, 0.1) is 11.3 Å². The zero-order valence-electron chi connectivity index (χ0n) is 9.71. The summed E-state index contributed by atoms with van der Waals surface area (Å²) in [5.74, 6) is 0.00317. The molecule has 20 heavy (non-hydrogen) atoms. The molecule has 1 aromatic carbocycles. The first-order chi connectivity index (χ1) is 9.42. The van der Waals surface area contributed by atoms with Crippen molar-refractivity contribution in [1.29, 1.82) is 5.26 Å². The zero-order valence-corrected chi connectivity index (χ0v) is 12.0. The first kappa shape index (κ1) is 14.5. The fraction of sp³-hybridized carbons (Fsp3) is 0. The van der Waals surface area contributed by atoms with Crippen molar-refractivity contribution in [1.82, 2.24) is 9.97 Å². The van der Waals surface area contributed by atoms with Crippen LogP contribution in [-0.4, -0.2) is 18.4 Å². The second-order valence-electron chi connectivity index (χ2n) is 3.59. The number of anilines is 1. The number of rotatable bonds is 3. The van der Waals surface area contributed by atoms with Gasteiger partial charge in [-0.3, -0.25) is 4.72 Å². The van der Waals surface area contributed by atoms with Crippen molar-refractivity contribution in [3.8, 4) is 6.07 Å². The van der Waals surface area contributed by atoms with Crippen LogP contribution in [0.2, 0.25) is 10.2 Å². The van der Waals surface area contributed by atoms with E-state index in [1.165, 1.54) is 24.3 Å². The van der Waals surface area contributed by atoms with Gasteiger partial charge in [-0.05, 0) is 18.2 Å². The largest absolute Gasteiger partial charge is 0.264 e. The van der Waals surface area contributed by atoms with Gasteiger partial charge < -0.3 is 0 Å². The van der Waals surface area contributed by atoms with E-state index in [-0.39, 0.29) is 26.5 Å². The summed E-state index contributed by atoms with van der Waals surface area (Å²) in [4.78, 5) is 7.15. The number of nitriles is 1. The SMILES string of the molecule is N#Cc1ccc(Cl)c(S(=O)(=O)Nc2cc(Cl)ncn2)c1. The van der Waals surface area contributed by atoms with Gasteiger partial charge in [0.15, 0.2) is 0 Å². The van der Waals surface area contributed by atoms with Gasteiger partial charge in [-0.25, -0.2) is 18.4 Å². The van der Waals surface area contributed by atoms with Gasteiger partial charge in [0, 0.05) is 6.07 Å². The normalized spacial score (nSPS) is 10.8. The first-order valence-corrected chi connectivity index (χ1v) is 7.36. The van der Waals surface area contributed by atoms with E-state index in [1.54, 1.807) is 0 Å². The summed E-state index contributed by atoms with van der Waals surface area (Å²) in [6, 6.07) is 7.02. The number of halogens is 2. The van der Waals surface area contributed by atoms with E-state index in [0.29, 0.717) is 0 Å². The van der Waals surface area contributed by atoms with Crippen LogP contribution in [0.15, 0.2) is 35.5 Å². The molecule has 2 rings (SSSR count). The molecule has 0 aliphatic carbocycles. The first-order valence-electron chi connectivity index (χ1n) is 5.12. The minimum absolute atomic E-state index is 0.00310. The fourth-order valence-electron chi connectivity index (χ4n) is 1.36. The Labute approximate surface area is 125 Å². The quantitative estimate of drug-likeness (QED) is 0.873. The van der Waals surface area contributed by atoms with Gasteiger partial charge in [-0.1, -0.05) is 23.2 Å². The molecular weight excluding hydrogens is 323 g/mol. The van der Waals surface area contributed by atoms with Crippen molar-refractivity contribution in [2.45, 2.75) is 4.90 Å². The lowest BCUT2D eigenvalue weighted by atomic mass is 10.2. The number of nitrogens with one attached hydrogen (secondary N) is 1. The Morgan fingerprint density at radius 2 is 1.95 bits per heavy atom. The lowest BCUT2D eigenvalue weighted by Gasteiger charge is -2.08. The van der Waals surface area contributed by atoms with Crippen molar-refractivity contribution < 1.29 is 8.42 Å². The summed E-state index contributed by atoms with van der Waals surface area (Å²) in [7, 11) is -3.98. The second kappa shape index (κ2) is 5.63. The molecule has 0 spiro atoms. The third-order valence-electron chi connectivity index (χ3n) is 2.22. The van der Waals surface area contributed by atoms with Gasteiger partial charge in [-0.2, -0.15) is 5.26 Å². The Kier molecular flexibility index (Phi) is 4.09. The van der Waals surface area contributed by atoms with Gasteiger partial charge in [0.25, 0.3) is 10.0 Å². The number of hydrogen-bond donors (Lipinski definition) is 1. The lowest BCUT2D eigenvalue weighted by Crippen LogP contribution is -2.14. The molecule has 0 aliphatic rings. The molecular formula is C11H6Cl2N4O2S. The number of nitrogens with zero attached hydrogens (tertiary/aromatic N) is 3. The third kappa shape index (κ3) is 3.17. The van der Waals surface area contributed by atoms with Crippen LogP contribution in [0.1, 0.15) is 5.56 Å². The highest BCUT2D eigenvalue weighted by Gasteiger charge is 2.19. The van der Waals surface area contributed by atoms with E-state index < -0.39 is 10.0 Å². The van der Waals surface area contributed by atoms with E-state index in [4.69, 9.17) is 28.5 Å². The molecule has 0 bridgehead atoms. The van der Waals surface area contributed by atoms with E-state index in [1.807, 2.05) is 6.07 Å². The molecule has 0 atom stereocenters. The summed E-state index contributed by atoms with van der Waals surface area (Å²) in [5.41, 5.74) is 0.176. The van der Waals surface area contributed by atoms with Crippen LogP contribution in [0.3, 0.4) is 0 Å². The monoisotopic (exact) mass is 328 g/mol. The molecule has 0 radical (unpaired) electrons. The average molecular weight is 329 g/mol. The van der Waals surface area contributed by atoms with Crippen molar-refractivity contribution >= 4 is 39.0 Å². The molecule has 1 heterocycles. The number of benzene rings is 1. The predicted octanol–water partition coefficient (Wildman–Crippen LogP) is 2.46. The molecule has 2 aromatic rings. The fourth-order valence-corrected chi connectivity index (χ4v) is 3.03. The molecule has 0 fully saturated rings. The molecule has 1 aromatic heterocycles. The highest BCUT2D eigenvalue weighted by atomic mass is 35.5. The molecule has 6 nitrogen and oxygen atoms in total. The number of sulfonamides is 1. The van der Waals surface area contributed by atoms with Gasteiger partial charge in [0.2, 0.25) is 0 Å². The summed E-state index contributed by atoms with van der Waals surface area (Å²) >= 11 is 11.5. The van der Waals surface area contributed by atoms with Gasteiger partial charge in [0.1, 0.15) is 22.2 Å². The number of aromatic nitrogens is 2. The molecule has 9 heteroatoms. The molecule has 1 N–H and O–H groups in total. The Balaban J connectivity index is 2.43. The topological polar surface area (TPSA) is 95.7 Å². The van der Waals surface area contributed by atoms with Crippen molar-refractivity contribution in [2.75, 3.05) is 4.72 Å². The highest BCUT2D eigenvalue weighted by Crippen LogP contribution is 2.24. The maximum absolute atomic E-state index is 12.2. The highest BCUT2D eigenvalue weighted by molar-refractivity contribution is 7.92. The standard InChI is InChI=1S/C11H6Cl2N4O2S/c12-8-2-1-7(5-14)3-9(8)20(18,19)17-11-4-10(13)15-6-16-11/h1-4,6H,(H,15,16,17). The van der Waals surface area contributed by atoms with Crippen molar-refractivity contribution in [2.24, 2.45) is 0 Å². The van der Waals surface area contributed by atoms with Crippen LogP contribution >= 0.6 is 23.2 Å². The molecule has 0 unspecified atom stereocenters. The van der Waals surface area contributed by atoms with Gasteiger partial charge in [-0.15, -0.1) is 0 Å². The zero-order chi connectivity index (χ0) is 14.8. The lowest BCUT2D eigenvalue weighted by molar-refractivity contribution is 0.601. The summed E-state index contributed by atoms with van der Waals surface area (Å²) in [6.45, 7) is 0. The summed E-state index contributed by atoms with van der Waals surface area (Å²) in [5, 5.41) is 8.89. The predicted molar refractivity (Wildman–Crippen MR) is 74.0 cm³/mol. The maximum Gasteiger partial charge on any atom is 0.264 e. The van der Waals surface area contributed by atoms with E-state index in [2.05, 4.69) is 14.7 Å². The Bertz CT molecular complexity index is 802. The minimum atomic E-state index is -3.98. The minimum Gasteiger partial charge on any atom is -0.263 e. The molecule has 102 valence electrons. The van der Waals surface area contributed by atoms with Crippen LogP contribution in [0.5, 0.6) is 0 Å².